The van der Waals surface area contributed by atoms with E-state index in [0.717, 1.165) is 18.4 Å². The number of nitrogens with two attached hydrogens (primary N) is 1. The van der Waals surface area contributed by atoms with Crippen LogP contribution in [-0.2, 0) is 20.7 Å². The molecule has 150 valence electrons. The minimum atomic E-state index is -0.468. The molecule has 2 aliphatic heterocycles. The number of hydrogen-bond donors (Lipinski definition) is 1. The zero-order valence-corrected chi connectivity index (χ0v) is 16.9. The third-order valence-corrected chi connectivity index (χ3v) is 5.67. The Balaban J connectivity index is 0.00000261. The summed E-state index contributed by atoms with van der Waals surface area (Å²) in [5.74, 6) is 0.227. The van der Waals surface area contributed by atoms with Gasteiger partial charge in [-0.3, -0.25) is 9.59 Å². The minimum Gasteiger partial charge on any atom is -0.381 e. The molecule has 0 radical (unpaired) electrons. The van der Waals surface area contributed by atoms with Gasteiger partial charge in [-0.2, -0.15) is 0 Å². The molecule has 2 saturated heterocycles. The molecule has 1 atom stereocenters. The molecule has 0 aliphatic carbocycles. The second-order valence-corrected chi connectivity index (χ2v) is 7.36. The van der Waals surface area contributed by atoms with E-state index in [-0.39, 0.29) is 36.6 Å². The van der Waals surface area contributed by atoms with E-state index in [9.17, 15) is 9.59 Å². The largest absolute Gasteiger partial charge is 0.381 e. The van der Waals surface area contributed by atoms with Crippen molar-refractivity contribution in [2.45, 2.75) is 25.3 Å². The van der Waals surface area contributed by atoms with E-state index >= 15 is 0 Å². The van der Waals surface area contributed by atoms with E-state index in [1.807, 2.05) is 18.2 Å². The summed E-state index contributed by atoms with van der Waals surface area (Å²) in [6.07, 6.45) is 1.96. The number of benzene rings is 1. The van der Waals surface area contributed by atoms with Crippen molar-refractivity contribution in [3.05, 3.63) is 34.9 Å². The van der Waals surface area contributed by atoms with Crippen molar-refractivity contribution in [2.75, 3.05) is 39.4 Å². The fraction of sp³-hybridized carbons (Fsp3) is 0.579. The number of carbonyl (C=O) groups excluding carboxylic acids is 2. The maximum absolute atomic E-state index is 12.6. The first-order chi connectivity index (χ1) is 12.6. The van der Waals surface area contributed by atoms with Gasteiger partial charge in [-0.15, -0.1) is 12.4 Å². The Kier molecular flexibility index (Phi) is 8.35. The van der Waals surface area contributed by atoms with Gasteiger partial charge in [0.15, 0.2) is 0 Å². The van der Waals surface area contributed by atoms with Crippen LogP contribution in [-0.4, -0.2) is 67.0 Å². The highest BCUT2D eigenvalue weighted by Crippen LogP contribution is 2.20. The first-order valence-electron chi connectivity index (χ1n) is 9.19. The molecule has 8 heteroatoms. The molecule has 2 aliphatic rings. The van der Waals surface area contributed by atoms with Crippen LogP contribution in [0.1, 0.15) is 18.4 Å². The average Bonchev–Trinajstić information content (AvgIpc) is 2.69. The zero-order valence-electron chi connectivity index (χ0n) is 15.3. The van der Waals surface area contributed by atoms with Crippen molar-refractivity contribution >= 4 is 35.8 Å². The quantitative estimate of drug-likeness (QED) is 0.811. The number of nitrogens with zero attached hydrogens (tertiary/aromatic N) is 2. The lowest BCUT2D eigenvalue weighted by Crippen LogP contribution is -2.56. The predicted octanol–water partition coefficient (Wildman–Crippen LogP) is 1.73. The first-order valence-corrected chi connectivity index (χ1v) is 9.57. The van der Waals surface area contributed by atoms with Crippen LogP contribution in [0.25, 0.3) is 0 Å². The molecule has 2 heterocycles. The molecule has 1 aromatic rings. The monoisotopic (exact) mass is 415 g/mol. The van der Waals surface area contributed by atoms with Crippen LogP contribution in [0.4, 0.5) is 0 Å². The number of carbonyl (C=O) groups is 2. The summed E-state index contributed by atoms with van der Waals surface area (Å²) in [7, 11) is 0. The van der Waals surface area contributed by atoms with Crippen molar-refractivity contribution in [3.63, 3.8) is 0 Å². The summed E-state index contributed by atoms with van der Waals surface area (Å²) in [5, 5.41) is 0.608. The van der Waals surface area contributed by atoms with Gasteiger partial charge in [0, 0.05) is 44.4 Å². The van der Waals surface area contributed by atoms with Gasteiger partial charge in [-0.25, -0.2) is 0 Å². The summed E-state index contributed by atoms with van der Waals surface area (Å²) in [6.45, 7) is 3.49. The van der Waals surface area contributed by atoms with Crippen LogP contribution in [0.5, 0.6) is 0 Å². The molecule has 3 rings (SSSR count). The van der Waals surface area contributed by atoms with Crippen LogP contribution >= 0.6 is 24.0 Å². The van der Waals surface area contributed by atoms with Crippen molar-refractivity contribution in [1.82, 2.24) is 9.80 Å². The molecule has 27 heavy (non-hydrogen) atoms. The van der Waals surface area contributed by atoms with Gasteiger partial charge in [0.2, 0.25) is 11.8 Å². The average molecular weight is 416 g/mol. The maximum Gasteiger partial charge on any atom is 0.239 e. The molecule has 1 unspecified atom stereocenters. The molecule has 0 saturated carbocycles. The Hall–Kier alpha value is -1.34. The lowest BCUT2D eigenvalue weighted by molar-refractivity contribution is -0.141. The lowest BCUT2D eigenvalue weighted by atomic mass is 9.91. The summed E-state index contributed by atoms with van der Waals surface area (Å²) in [5.41, 5.74) is 7.03. The van der Waals surface area contributed by atoms with E-state index in [4.69, 9.17) is 22.1 Å². The Labute approximate surface area is 171 Å². The second-order valence-electron chi connectivity index (χ2n) is 6.95. The van der Waals surface area contributed by atoms with Crippen LogP contribution in [0.2, 0.25) is 5.02 Å². The third kappa shape index (κ3) is 5.57. The minimum absolute atomic E-state index is 0. The van der Waals surface area contributed by atoms with Gasteiger partial charge in [-0.1, -0.05) is 29.8 Å². The topological polar surface area (TPSA) is 75.9 Å². The standard InChI is InChI=1S/C19H26ClN3O3.ClH/c20-16-4-2-1-3-15(16)13-17(24)22-7-9-23(10-8-22)19(25)18(21)14-5-11-26-12-6-14;/h1-4,14,18H,5-13,21H2;1H. The predicted molar refractivity (Wildman–Crippen MR) is 107 cm³/mol. The van der Waals surface area contributed by atoms with Crippen LogP contribution < -0.4 is 5.73 Å². The van der Waals surface area contributed by atoms with E-state index < -0.39 is 6.04 Å². The number of halogens is 2. The molecule has 1 aromatic carbocycles. The summed E-state index contributed by atoms with van der Waals surface area (Å²) >= 11 is 6.13. The van der Waals surface area contributed by atoms with Crippen molar-refractivity contribution in [3.8, 4) is 0 Å². The first kappa shape index (κ1) is 22.0. The van der Waals surface area contributed by atoms with Crippen molar-refractivity contribution in [1.29, 1.82) is 0 Å². The van der Waals surface area contributed by atoms with Gasteiger partial charge in [0.1, 0.15) is 0 Å². The number of piperazine rings is 1. The molecule has 0 aromatic heterocycles. The van der Waals surface area contributed by atoms with E-state index in [2.05, 4.69) is 0 Å². The SMILES string of the molecule is Cl.NC(C(=O)N1CCN(C(=O)Cc2ccccc2Cl)CC1)C1CCOCC1. The summed E-state index contributed by atoms with van der Waals surface area (Å²) in [6, 6.07) is 6.92. The third-order valence-electron chi connectivity index (χ3n) is 5.30. The Bertz CT molecular complexity index is 645. The van der Waals surface area contributed by atoms with Crippen LogP contribution in [0, 0.1) is 5.92 Å². The molecular weight excluding hydrogens is 389 g/mol. The van der Waals surface area contributed by atoms with Gasteiger partial charge < -0.3 is 20.3 Å². The number of hydrogen-bond acceptors (Lipinski definition) is 4. The number of ether oxygens (including phenoxy) is 1. The summed E-state index contributed by atoms with van der Waals surface area (Å²) in [4.78, 5) is 28.7. The van der Waals surface area contributed by atoms with Crippen LogP contribution in [0.15, 0.2) is 24.3 Å². The zero-order chi connectivity index (χ0) is 18.5. The Morgan fingerprint density at radius 1 is 1.11 bits per heavy atom. The molecule has 6 nitrogen and oxygen atoms in total. The molecule has 2 fully saturated rings. The van der Waals surface area contributed by atoms with Crippen molar-refractivity contribution in [2.24, 2.45) is 11.7 Å². The van der Waals surface area contributed by atoms with E-state index in [1.165, 1.54) is 0 Å². The van der Waals surface area contributed by atoms with Crippen molar-refractivity contribution < 1.29 is 14.3 Å². The van der Waals surface area contributed by atoms with Gasteiger partial charge in [-0.05, 0) is 30.4 Å². The lowest BCUT2D eigenvalue weighted by Gasteiger charge is -2.37. The smallest absolute Gasteiger partial charge is 0.239 e. The molecule has 2 amide bonds. The highest BCUT2D eigenvalue weighted by atomic mass is 35.5. The summed E-state index contributed by atoms with van der Waals surface area (Å²) < 4.78 is 5.34. The Morgan fingerprint density at radius 2 is 1.70 bits per heavy atom. The fourth-order valence-electron chi connectivity index (χ4n) is 3.58. The Morgan fingerprint density at radius 3 is 2.33 bits per heavy atom. The van der Waals surface area contributed by atoms with Gasteiger partial charge in [0.05, 0.1) is 12.5 Å². The molecule has 0 spiro atoms. The number of amides is 2. The second kappa shape index (κ2) is 10.3. The highest BCUT2D eigenvalue weighted by Gasteiger charge is 2.32. The molecule has 0 bridgehead atoms. The van der Waals surface area contributed by atoms with Crippen LogP contribution in [0.3, 0.4) is 0 Å². The van der Waals surface area contributed by atoms with Gasteiger partial charge in [0.25, 0.3) is 0 Å². The molecular formula is C19H27Cl2N3O3. The maximum atomic E-state index is 12.6. The number of rotatable bonds is 4. The normalized spacial score (nSPS) is 19.3. The molecule has 2 N–H and O–H groups in total. The van der Waals surface area contributed by atoms with E-state index in [0.29, 0.717) is 44.4 Å². The highest BCUT2D eigenvalue weighted by molar-refractivity contribution is 6.31. The van der Waals surface area contributed by atoms with Gasteiger partial charge >= 0.3 is 0 Å². The van der Waals surface area contributed by atoms with E-state index in [1.54, 1.807) is 15.9 Å². The fourth-order valence-corrected chi connectivity index (χ4v) is 3.78.